The maximum atomic E-state index is 12.5. The third-order valence-corrected chi connectivity index (χ3v) is 3.47. The van der Waals surface area contributed by atoms with Crippen molar-refractivity contribution in [3.8, 4) is 17.2 Å². The number of hydrogen-bond acceptors (Lipinski definition) is 4. The van der Waals surface area contributed by atoms with Crippen molar-refractivity contribution in [1.29, 1.82) is 0 Å². The monoisotopic (exact) mass is 299 g/mol. The molecule has 0 saturated carbocycles. The number of anilines is 1. The molecule has 0 fully saturated rings. The number of carbonyl (C=O) groups is 1. The Hall–Kier alpha value is -2.69. The summed E-state index contributed by atoms with van der Waals surface area (Å²) in [6.45, 7) is 1.81. The van der Waals surface area contributed by atoms with Gasteiger partial charge in [0.1, 0.15) is 11.9 Å². The minimum absolute atomic E-state index is 0.272. The van der Waals surface area contributed by atoms with Gasteiger partial charge in [-0.1, -0.05) is 24.3 Å². The zero-order valence-corrected chi connectivity index (χ0v) is 12.4. The second-order valence-corrected chi connectivity index (χ2v) is 5.00. The summed E-state index contributed by atoms with van der Waals surface area (Å²) in [7, 11) is 1.56. The summed E-state index contributed by atoms with van der Waals surface area (Å²) in [6.07, 6.45) is -1.11. The maximum Gasteiger partial charge on any atom is 0.269 e. The topological polar surface area (TPSA) is 56.8 Å². The van der Waals surface area contributed by atoms with Crippen molar-refractivity contribution in [3.05, 3.63) is 48.5 Å². The number of carbonyl (C=O) groups excluding carboxylic acids is 1. The third-order valence-electron chi connectivity index (χ3n) is 3.47. The molecule has 3 rings (SSSR count). The van der Waals surface area contributed by atoms with Gasteiger partial charge in [-0.15, -0.1) is 0 Å². The van der Waals surface area contributed by atoms with E-state index in [9.17, 15) is 4.79 Å². The molecule has 22 heavy (non-hydrogen) atoms. The van der Waals surface area contributed by atoms with Crippen LogP contribution in [0.2, 0.25) is 0 Å². The largest absolute Gasteiger partial charge is 0.495 e. The van der Waals surface area contributed by atoms with E-state index >= 15 is 0 Å². The highest BCUT2D eigenvalue weighted by Crippen LogP contribution is 2.34. The molecule has 2 atom stereocenters. The number of hydrogen-bond donors (Lipinski definition) is 1. The van der Waals surface area contributed by atoms with Crippen LogP contribution < -0.4 is 19.5 Å². The average molecular weight is 299 g/mol. The molecule has 0 saturated heterocycles. The standard InChI is InChI=1S/C17H17NO4/c1-11-16(22-15-10-6-5-9-14(15)21-11)17(19)18-12-7-3-4-8-13(12)20-2/h3-11,16H,1-2H3,(H,18,19)/t11-,16+/m1/s1. The van der Waals surface area contributed by atoms with Crippen LogP contribution in [0, 0.1) is 0 Å². The summed E-state index contributed by atoms with van der Waals surface area (Å²) in [5, 5.41) is 2.82. The lowest BCUT2D eigenvalue weighted by molar-refractivity contribution is -0.128. The Labute approximate surface area is 128 Å². The van der Waals surface area contributed by atoms with E-state index in [1.807, 2.05) is 37.3 Å². The summed E-state index contributed by atoms with van der Waals surface area (Å²) in [4.78, 5) is 12.5. The molecular formula is C17H17NO4. The van der Waals surface area contributed by atoms with Crippen molar-refractivity contribution in [3.63, 3.8) is 0 Å². The van der Waals surface area contributed by atoms with E-state index in [0.717, 1.165) is 0 Å². The first-order valence-electron chi connectivity index (χ1n) is 7.05. The molecule has 5 nitrogen and oxygen atoms in total. The van der Waals surface area contributed by atoms with Crippen LogP contribution in [-0.2, 0) is 4.79 Å². The Balaban J connectivity index is 1.78. The molecule has 0 aliphatic carbocycles. The van der Waals surface area contributed by atoms with Crippen LogP contribution in [0.3, 0.4) is 0 Å². The van der Waals surface area contributed by atoms with Gasteiger partial charge in [-0.05, 0) is 31.2 Å². The molecule has 5 heteroatoms. The van der Waals surface area contributed by atoms with Crippen molar-refractivity contribution in [2.24, 2.45) is 0 Å². The molecule has 1 N–H and O–H groups in total. The second kappa shape index (κ2) is 5.97. The lowest BCUT2D eigenvalue weighted by Crippen LogP contribution is -2.46. The number of rotatable bonds is 3. The summed E-state index contributed by atoms with van der Waals surface area (Å²) >= 11 is 0. The summed E-state index contributed by atoms with van der Waals surface area (Å²) in [5.41, 5.74) is 0.602. The van der Waals surface area contributed by atoms with E-state index in [0.29, 0.717) is 22.9 Å². The Morgan fingerprint density at radius 1 is 1.05 bits per heavy atom. The third kappa shape index (κ3) is 2.70. The molecule has 0 aromatic heterocycles. The Kier molecular flexibility index (Phi) is 3.87. The quantitative estimate of drug-likeness (QED) is 0.947. The highest BCUT2D eigenvalue weighted by molar-refractivity contribution is 5.96. The first kappa shape index (κ1) is 14.3. The highest BCUT2D eigenvalue weighted by atomic mass is 16.6. The molecule has 1 heterocycles. The van der Waals surface area contributed by atoms with E-state index < -0.39 is 6.10 Å². The van der Waals surface area contributed by atoms with Crippen molar-refractivity contribution in [1.82, 2.24) is 0 Å². The van der Waals surface area contributed by atoms with Crippen LogP contribution in [0.15, 0.2) is 48.5 Å². The van der Waals surface area contributed by atoms with Crippen molar-refractivity contribution < 1.29 is 19.0 Å². The number of nitrogens with one attached hydrogen (secondary N) is 1. The molecular weight excluding hydrogens is 282 g/mol. The maximum absolute atomic E-state index is 12.5. The SMILES string of the molecule is COc1ccccc1NC(=O)[C@H]1Oc2ccccc2O[C@@H]1C. The van der Waals surface area contributed by atoms with E-state index in [2.05, 4.69) is 5.32 Å². The molecule has 0 bridgehead atoms. The molecule has 0 unspecified atom stereocenters. The number of methoxy groups -OCH3 is 1. The molecule has 1 amide bonds. The van der Waals surface area contributed by atoms with Gasteiger partial charge in [0.2, 0.25) is 6.10 Å². The van der Waals surface area contributed by atoms with Gasteiger partial charge in [-0.3, -0.25) is 4.79 Å². The van der Waals surface area contributed by atoms with Gasteiger partial charge >= 0.3 is 0 Å². The predicted molar refractivity (Wildman–Crippen MR) is 82.6 cm³/mol. The van der Waals surface area contributed by atoms with E-state index in [1.165, 1.54) is 0 Å². The molecule has 114 valence electrons. The normalized spacial score (nSPS) is 19.4. The summed E-state index contributed by atoms with van der Waals surface area (Å²) < 4.78 is 16.7. The zero-order chi connectivity index (χ0) is 15.5. The first-order valence-corrected chi connectivity index (χ1v) is 7.05. The zero-order valence-electron chi connectivity index (χ0n) is 12.4. The Morgan fingerprint density at radius 2 is 1.68 bits per heavy atom. The van der Waals surface area contributed by atoms with Gasteiger partial charge in [0.05, 0.1) is 12.8 Å². The fourth-order valence-corrected chi connectivity index (χ4v) is 2.36. The van der Waals surface area contributed by atoms with Crippen molar-refractivity contribution in [2.75, 3.05) is 12.4 Å². The first-order chi connectivity index (χ1) is 10.7. The van der Waals surface area contributed by atoms with Crippen LogP contribution in [0.4, 0.5) is 5.69 Å². The van der Waals surface area contributed by atoms with Crippen LogP contribution in [0.25, 0.3) is 0 Å². The summed E-state index contributed by atoms with van der Waals surface area (Å²) in [5.74, 6) is 1.55. The van der Waals surface area contributed by atoms with Crippen molar-refractivity contribution in [2.45, 2.75) is 19.1 Å². The smallest absolute Gasteiger partial charge is 0.269 e. The minimum Gasteiger partial charge on any atom is -0.495 e. The minimum atomic E-state index is -0.722. The lowest BCUT2D eigenvalue weighted by Gasteiger charge is -2.31. The van der Waals surface area contributed by atoms with E-state index in [4.69, 9.17) is 14.2 Å². The van der Waals surface area contributed by atoms with Gasteiger partial charge in [-0.2, -0.15) is 0 Å². The molecule has 2 aromatic rings. The van der Waals surface area contributed by atoms with E-state index in [-0.39, 0.29) is 12.0 Å². The van der Waals surface area contributed by atoms with Gasteiger partial charge in [0.15, 0.2) is 11.5 Å². The van der Waals surface area contributed by atoms with Crippen LogP contribution >= 0.6 is 0 Å². The number of benzene rings is 2. The predicted octanol–water partition coefficient (Wildman–Crippen LogP) is 2.86. The van der Waals surface area contributed by atoms with Gasteiger partial charge in [0.25, 0.3) is 5.91 Å². The molecule has 1 aliphatic rings. The van der Waals surface area contributed by atoms with Crippen LogP contribution in [0.5, 0.6) is 17.2 Å². The number of fused-ring (bicyclic) bond motifs is 1. The fraction of sp³-hybridized carbons (Fsp3) is 0.235. The summed E-state index contributed by atoms with van der Waals surface area (Å²) in [6, 6.07) is 14.5. The Bertz CT molecular complexity index is 686. The molecule has 0 radical (unpaired) electrons. The lowest BCUT2D eigenvalue weighted by atomic mass is 10.1. The van der Waals surface area contributed by atoms with E-state index in [1.54, 1.807) is 25.3 Å². The molecule has 0 spiro atoms. The average Bonchev–Trinajstić information content (AvgIpc) is 2.54. The highest BCUT2D eigenvalue weighted by Gasteiger charge is 2.34. The van der Waals surface area contributed by atoms with Gasteiger partial charge in [0, 0.05) is 0 Å². The molecule has 1 aliphatic heterocycles. The second-order valence-electron chi connectivity index (χ2n) is 5.00. The molecule has 2 aromatic carbocycles. The van der Waals surface area contributed by atoms with Gasteiger partial charge in [-0.25, -0.2) is 0 Å². The fourth-order valence-electron chi connectivity index (χ4n) is 2.36. The Morgan fingerprint density at radius 3 is 2.41 bits per heavy atom. The number of para-hydroxylation sites is 4. The van der Waals surface area contributed by atoms with Crippen molar-refractivity contribution >= 4 is 11.6 Å². The van der Waals surface area contributed by atoms with Crippen LogP contribution in [0.1, 0.15) is 6.92 Å². The number of amides is 1. The van der Waals surface area contributed by atoms with Crippen LogP contribution in [-0.4, -0.2) is 25.2 Å². The number of ether oxygens (including phenoxy) is 3. The van der Waals surface area contributed by atoms with Gasteiger partial charge < -0.3 is 19.5 Å².